The van der Waals surface area contributed by atoms with Gasteiger partial charge in [0.1, 0.15) is 5.82 Å². The van der Waals surface area contributed by atoms with E-state index >= 15 is 0 Å². The Bertz CT molecular complexity index is 421. The van der Waals surface area contributed by atoms with E-state index in [2.05, 4.69) is 22.5 Å². The monoisotopic (exact) mass is 220 g/mol. The first-order valence-electron chi connectivity index (χ1n) is 4.88. The van der Waals surface area contributed by atoms with Gasteiger partial charge in [0, 0.05) is 0 Å². The van der Waals surface area contributed by atoms with Gasteiger partial charge in [-0.2, -0.15) is 0 Å². The fraction of sp³-hybridized carbons (Fsp3) is 0.250. The van der Waals surface area contributed by atoms with Gasteiger partial charge in [0.05, 0.1) is 18.8 Å². The van der Waals surface area contributed by atoms with Crippen LogP contribution in [0.25, 0.3) is 0 Å². The molecule has 0 spiro atoms. The summed E-state index contributed by atoms with van der Waals surface area (Å²) in [5.74, 6) is 4.73. The van der Waals surface area contributed by atoms with Gasteiger partial charge < -0.3 is 5.32 Å². The lowest BCUT2D eigenvalue weighted by molar-refractivity contribution is -0.115. The molecular weight excluding hydrogens is 207 g/mol. The van der Waals surface area contributed by atoms with Gasteiger partial charge in [-0.05, 0) is 19.1 Å². The molecule has 0 aliphatic heterocycles. The minimum atomic E-state index is -0.441. The number of halogens is 1. The molecule has 0 bridgehead atoms. The van der Waals surface area contributed by atoms with Crippen molar-refractivity contribution in [1.82, 2.24) is 5.32 Å². The predicted molar refractivity (Wildman–Crippen MR) is 61.3 cm³/mol. The number of benzene rings is 1. The molecule has 0 saturated heterocycles. The molecule has 1 aromatic rings. The molecule has 0 aromatic heterocycles. The van der Waals surface area contributed by atoms with Crippen LogP contribution in [0.2, 0.25) is 0 Å². The van der Waals surface area contributed by atoms with Crippen LogP contribution in [-0.2, 0) is 4.79 Å². The molecule has 0 radical (unpaired) electrons. The van der Waals surface area contributed by atoms with Crippen LogP contribution >= 0.6 is 0 Å². The summed E-state index contributed by atoms with van der Waals surface area (Å²) < 4.78 is 13.1. The van der Waals surface area contributed by atoms with Crippen molar-refractivity contribution in [3.8, 4) is 11.8 Å². The number of rotatable bonds is 4. The zero-order valence-electron chi connectivity index (χ0n) is 9.01. The summed E-state index contributed by atoms with van der Waals surface area (Å²) in [5, 5.41) is 5.28. The number of hydrogen-bond donors (Lipinski definition) is 2. The minimum Gasteiger partial charge on any atom is -0.322 e. The Morgan fingerprint density at radius 2 is 2.19 bits per heavy atom. The maximum Gasteiger partial charge on any atom is 0.238 e. The zero-order chi connectivity index (χ0) is 11.8. The predicted octanol–water partition coefficient (Wildman–Crippen LogP) is 1.38. The maximum absolute atomic E-state index is 13.1. The van der Waals surface area contributed by atoms with Crippen molar-refractivity contribution >= 4 is 11.6 Å². The standard InChI is InChI=1S/C12H13FN2O/c1-2-3-8-14-9-12(16)15-11-7-5-4-6-10(11)13/h4-7,14H,8-9H2,1H3,(H,15,16). The Labute approximate surface area is 94.0 Å². The molecule has 0 unspecified atom stereocenters. The number of carbonyl (C=O) groups is 1. The van der Waals surface area contributed by atoms with Crippen molar-refractivity contribution in [3.63, 3.8) is 0 Å². The van der Waals surface area contributed by atoms with E-state index in [4.69, 9.17) is 0 Å². The molecule has 0 fully saturated rings. The van der Waals surface area contributed by atoms with Crippen molar-refractivity contribution in [2.75, 3.05) is 18.4 Å². The molecule has 1 rings (SSSR count). The van der Waals surface area contributed by atoms with E-state index in [-0.39, 0.29) is 18.1 Å². The van der Waals surface area contributed by atoms with Crippen molar-refractivity contribution in [2.45, 2.75) is 6.92 Å². The van der Waals surface area contributed by atoms with Crippen molar-refractivity contribution in [2.24, 2.45) is 0 Å². The molecule has 0 aliphatic carbocycles. The number of carbonyl (C=O) groups excluding carboxylic acids is 1. The van der Waals surface area contributed by atoms with E-state index in [1.54, 1.807) is 19.1 Å². The van der Waals surface area contributed by atoms with E-state index in [0.29, 0.717) is 6.54 Å². The fourth-order valence-electron chi connectivity index (χ4n) is 1.08. The second kappa shape index (κ2) is 6.59. The maximum atomic E-state index is 13.1. The summed E-state index contributed by atoms with van der Waals surface area (Å²) in [4.78, 5) is 11.3. The molecule has 2 N–H and O–H groups in total. The van der Waals surface area contributed by atoms with E-state index in [0.717, 1.165) is 0 Å². The lowest BCUT2D eigenvalue weighted by atomic mass is 10.3. The van der Waals surface area contributed by atoms with Crippen molar-refractivity contribution in [3.05, 3.63) is 30.1 Å². The molecule has 1 amide bonds. The summed E-state index contributed by atoms with van der Waals surface area (Å²) in [6, 6.07) is 6.04. The highest BCUT2D eigenvalue weighted by Crippen LogP contribution is 2.11. The third kappa shape index (κ3) is 4.11. The average molecular weight is 220 g/mol. The van der Waals surface area contributed by atoms with Crippen LogP contribution in [0, 0.1) is 17.7 Å². The lowest BCUT2D eigenvalue weighted by Crippen LogP contribution is -2.28. The highest BCUT2D eigenvalue weighted by atomic mass is 19.1. The van der Waals surface area contributed by atoms with Gasteiger partial charge in [0.2, 0.25) is 5.91 Å². The van der Waals surface area contributed by atoms with Crippen LogP contribution in [0.15, 0.2) is 24.3 Å². The van der Waals surface area contributed by atoms with Gasteiger partial charge in [-0.25, -0.2) is 4.39 Å². The first-order valence-corrected chi connectivity index (χ1v) is 4.88. The molecule has 16 heavy (non-hydrogen) atoms. The van der Waals surface area contributed by atoms with Gasteiger partial charge in [-0.15, -0.1) is 5.92 Å². The second-order valence-corrected chi connectivity index (χ2v) is 3.06. The quantitative estimate of drug-likeness (QED) is 0.594. The van der Waals surface area contributed by atoms with E-state index in [9.17, 15) is 9.18 Å². The number of nitrogens with one attached hydrogen (secondary N) is 2. The van der Waals surface area contributed by atoms with Crippen LogP contribution in [0.4, 0.5) is 10.1 Å². The zero-order valence-corrected chi connectivity index (χ0v) is 9.01. The fourth-order valence-corrected chi connectivity index (χ4v) is 1.08. The highest BCUT2D eigenvalue weighted by molar-refractivity contribution is 5.92. The molecule has 4 heteroatoms. The summed E-state index contributed by atoms with van der Waals surface area (Å²) in [7, 11) is 0. The Morgan fingerprint density at radius 1 is 1.44 bits per heavy atom. The third-order valence-electron chi connectivity index (χ3n) is 1.82. The summed E-state index contributed by atoms with van der Waals surface area (Å²) in [5.41, 5.74) is 0.191. The number of amides is 1. The van der Waals surface area contributed by atoms with Gasteiger partial charge in [-0.3, -0.25) is 10.1 Å². The van der Waals surface area contributed by atoms with Gasteiger partial charge in [0.25, 0.3) is 0 Å². The molecule has 0 aliphatic rings. The smallest absolute Gasteiger partial charge is 0.238 e. The molecule has 84 valence electrons. The third-order valence-corrected chi connectivity index (χ3v) is 1.82. The van der Waals surface area contributed by atoms with Crippen LogP contribution in [0.1, 0.15) is 6.92 Å². The highest BCUT2D eigenvalue weighted by Gasteiger charge is 2.04. The summed E-state index contributed by atoms with van der Waals surface area (Å²) in [6.07, 6.45) is 0. The van der Waals surface area contributed by atoms with Crippen molar-refractivity contribution < 1.29 is 9.18 Å². The molecule has 0 heterocycles. The largest absolute Gasteiger partial charge is 0.322 e. The Morgan fingerprint density at radius 3 is 2.88 bits per heavy atom. The topological polar surface area (TPSA) is 41.1 Å². The van der Waals surface area contributed by atoms with Crippen LogP contribution < -0.4 is 10.6 Å². The van der Waals surface area contributed by atoms with Crippen molar-refractivity contribution in [1.29, 1.82) is 0 Å². The molecule has 0 atom stereocenters. The van der Waals surface area contributed by atoms with E-state index in [1.165, 1.54) is 12.1 Å². The molecule has 0 saturated carbocycles. The number of hydrogen-bond acceptors (Lipinski definition) is 2. The summed E-state index contributed by atoms with van der Waals surface area (Å²) >= 11 is 0. The van der Waals surface area contributed by atoms with Crippen LogP contribution in [-0.4, -0.2) is 19.0 Å². The first kappa shape index (κ1) is 12.2. The Kier molecular flexibility index (Phi) is 5.03. The first-order chi connectivity index (χ1) is 7.74. The van der Waals surface area contributed by atoms with Gasteiger partial charge in [-0.1, -0.05) is 18.1 Å². The number of anilines is 1. The Hall–Kier alpha value is -1.86. The normalized spacial score (nSPS) is 9.12. The molecule has 1 aromatic carbocycles. The van der Waals surface area contributed by atoms with Gasteiger partial charge in [0.15, 0.2) is 0 Å². The molecule has 3 nitrogen and oxygen atoms in total. The van der Waals surface area contributed by atoms with Crippen LogP contribution in [0.3, 0.4) is 0 Å². The van der Waals surface area contributed by atoms with Gasteiger partial charge >= 0.3 is 0 Å². The minimum absolute atomic E-state index is 0.114. The lowest BCUT2D eigenvalue weighted by Gasteiger charge is -2.05. The Balaban J connectivity index is 2.39. The second-order valence-electron chi connectivity index (χ2n) is 3.06. The molecular formula is C12H13FN2O. The van der Waals surface area contributed by atoms with E-state index < -0.39 is 5.82 Å². The summed E-state index contributed by atoms with van der Waals surface area (Å²) in [6.45, 7) is 2.28. The van der Waals surface area contributed by atoms with Crippen LogP contribution in [0.5, 0.6) is 0 Å². The SMILES string of the molecule is CC#CCNCC(=O)Nc1ccccc1F. The average Bonchev–Trinajstić information content (AvgIpc) is 2.28. The number of para-hydroxylation sites is 1. The van der Waals surface area contributed by atoms with E-state index in [1.807, 2.05) is 0 Å².